The maximum atomic E-state index is 13.4. The molecule has 2 heterocycles. The number of anilines is 2. The highest BCUT2D eigenvalue weighted by Crippen LogP contribution is 2.44. The van der Waals surface area contributed by atoms with E-state index < -0.39 is 17.8 Å². The quantitative estimate of drug-likeness (QED) is 0.484. The van der Waals surface area contributed by atoms with Crippen LogP contribution >= 0.6 is 11.6 Å². The summed E-state index contributed by atoms with van der Waals surface area (Å²) in [5, 5.41) is 2.64. The van der Waals surface area contributed by atoms with Crippen molar-refractivity contribution in [1.82, 2.24) is 5.32 Å². The Bertz CT molecular complexity index is 1270. The van der Waals surface area contributed by atoms with Gasteiger partial charge in [0.15, 0.2) is 0 Å². The number of nitrogens with one attached hydrogen (secondary N) is 1. The standard InChI is InChI=1S/C26H28ClN3O5/c1-14-13-26(2,3)29(4)21-12-19(27)15(9-17(14)21)10-18-23(31)28-25(33)30(24(18)32)20-8-7-16(34-5)11-22(20)35-6/h7-12,14H,13H2,1-6H3,(H,28,31,33)/b18-10+/t14-/m0/s1. The van der Waals surface area contributed by atoms with Crippen molar-refractivity contribution in [3.63, 3.8) is 0 Å². The maximum absolute atomic E-state index is 13.4. The van der Waals surface area contributed by atoms with E-state index in [1.165, 1.54) is 26.4 Å². The van der Waals surface area contributed by atoms with Gasteiger partial charge in [-0.1, -0.05) is 18.5 Å². The molecule has 9 heteroatoms. The Labute approximate surface area is 209 Å². The number of urea groups is 1. The molecule has 184 valence electrons. The van der Waals surface area contributed by atoms with Crippen LogP contribution in [0.3, 0.4) is 0 Å². The van der Waals surface area contributed by atoms with Gasteiger partial charge in [0, 0.05) is 29.4 Å². The van der Waals surface area contributed by atoms with E-state index in [-0.39, 0.29) is 28.5 Å². The molecule has 0 spiro atoms. The van der Waals surface area contributed by atoms with E-state index in [1.807, 2.05) is 19.2 Å². The second-order valence-corrected chi connectivity index (χ2v) is 9.81. The van der Waals surface area contributed by atoms with E-state index in [4.69, 9.17) is 21.1 Å². The number of ether oxygens (including phenoxy) is 2. The molecule has 2 aromatic carbocycles. The van der Waals surface area contributed by atoms with E-state index in [1.54, 1.807) is 12.1 Å². The van der Waals surface area contributed by atoms with Crippen LogP contribution in [0.15, 0.2) is 35.9 Å². The number of carbonyl (C=O) groups is 3. The molecule has 0 saturated carbocycles. The van der Waals surface area contributed by atoms with Crippen LogP contribution in [0.5, 0.6) is 11.5 Å². The Balaban J connectivity index is 1.78. The Hall–Kier alpha value is -3.52. The van der Waals surface area contributed by atoms with Gasteiger partial charge in [-0.2, -0.15) is 0 Å². The van der Waals surface area contributed by atoms with Crippen LogP contribution < -0.4 is 24.6 Å². The van der Waals surface area contributed by atoms with Crippen LogP contribution in [0.1, 0.15) is 44.2 Å². The fraction of sp³-hybridized carbons (Fsp3) is 0.346. The van der Waals surface area contributed by atoms with Gasteiger partial charge in [-0.05, 0) is 67.7 Å². The number of nitrogens with zero attached hydrogens (tertiary/aromatic N) is 2. The second-order valence-electron chi connectivity index (χ2n) is 9.40. The molecule has 4 amide bonds. The SMILES string of the molecule is COc1ccc(N2C(=O)NC(=O)/C(=C\c3cc4c(cc3Cl)N(C)C(C)(C)C[C@@H]4C)C2=O)c(OC)c1. The number of fused-ring (bicyclic) bond motifs is 1. The highest BCUT2D eigenvalue weighted by molar-refractivity contribution is 6.40. The highest BCUT2D eigenvalue weighted by Gasteiger charge is 2.39. The zero-order chi connectivity index (χ0) is 25.7. The summed E-state index contributed by atoms with van der Waals surface area (Å²) in [6, 6.07) is 7.58. The first-order chi connectivity index (χ1) is 16.5. The zero-order valence-corrected chi connectivity index (χ0v) is 21.3. The number of carbonyl (C=O) groups excluding carboxylic acids is 3. The Morgan fingerprint density at radius 2 is 1.80 bits per heavy atom. The van der Waals surface area contributed by atoms with Crippen molar-refractivity contribution in [2.24, 2.45) is 0 Å². The van der Waals surface area contributed by atoms with Gasteiger partial charge >= 0.3 is 6.03 Å². The van der Waals surface area contributed by atoms with Crippen LogP contribution in [0.4, 0.5) is 16.2 Å². The van der Waals surface area contributed by atoms with Gasteiger partial charge < -0.3 is 14.4 Å². The van der Waals surface area contributed by atoms with Crippen LogP contribution in [-0.4, -0.2) is 44.7 Å². The van der Waals surface area contributed by atoms with E-state index in [9.17, 15) is 14.4 Å². The molecule has 2 aliphatic heterocycles. The first-order valence-corrected chi connectivity index (χ1v) is 11.6. The summed E-state index contributed by atoms with van der Waals surface area (Å²) >= 11 is 6.62. The minimum Gasteiger partial charge on any atom is -0.497 e. The Morgan fingerprint density at radius 3 is 2.46 bits per heavy atom. The lowest BCUT2D eigenvalue weighted by Crippen LogP contribution is -2.54. The predicted octanol–water partition coefficient (Wildman–Crippen LogP) is 4.75. The van der Waals surface area contributed by atoms with Gasteiger partial charge in [0.05, 0.1) is 19.9 Å². The lowest BCUT2D eigenvalue weighted by Gasteiger charge is -2.45. The molecule has 4 rings (SSSR count). The minimum atomic E-state index is -0.866. The van der Waals surface area contributed by atoms with E-state index in [0.29, 0.717) is 16.3 Å². The van der Waals surface area contributed by atoms with Gasteiger partial charge in [-0.3, -0.25) is 14.9 Å². The Morgan fingerprint density at radius 1 is 1.09 bits per heavy atom. The number of rotatable bonds is 4. The minimum absolute atomic E-state index is 0.0345. The molecule has 0 aliphatic carbocycles. The number of hydrogen-bond donors (Lipinski definition) is 1. The van der Waals surface area contributed by atoms with Gasteiger partial charge in [0.2, 0.25) is 0 Å². The molecular weight excluding hydrogens is 470 g/mol. The van der Waals surface area contributed by atoms with Crippen molar-refractivity contribution in [3.8, 4) is 11.5 Å². The molecule has 35 heavy (non-hydrogen) atoms. The third-order valence-corrected chi connectivity index (χ3v) is 7.11. The molecule has 0 bridgehead atoms. The number of barbiturate groups is 1. The lowest BCUT2D eigenvalue weighted by atomic mass is 9.80. The van der Waals surface area contributed by atoms with Gasteiger partial charge in [-0.15, -0.1) is 0 Å². The number of hydrogen-bond acceptors (Lipinski definition) is 6. The average molecular weight is 498 g/mol. The van der Waals surface area contributed by atoms with Crippen molar-refractivity contribution in [2.75, 3.05) is 31.1 Å². The van der Waals surface area contributed by atoms with E-state index in [0.717, 1.165) is 22.6 Å². The van der Waals surface area contributed by atoms with E-state index in [2.05, 4.69) is 31.0 Å². The third kappa shape index (κ3) is 4.23. The number of halogens is 1. The average Bonchev–Trinajstić information content (AvgIpc) is 2.80. The largest absolute Gasteiger partial charge is 0.497 e. The molecule has 1 atom stereocenters. The van der Waals surface area contributed by atoms with E-state index >= 15 is 0 Å². The zero-order valence-electron chi connectivity index (χ0n) is 20.6. The fourth-order valence-corrected chi connectivity index (χ4v) is 4.93. The molecular formula is C26H28ClN3O5. The molecule has 8 nitrogen and oxygen atoms in total. The van der Waals surface area contributed by atoms with Crippen molar-refractivity contribution < 1.29 is 23.9 Å². The van der Waals surface area contributed by atoms with Gasteiger partial charge in [0.1, 0.15) is 17.1 Å². The van der Waals surface area contributed by atoms with Crippen molar-refractivity contribution in [3.05, 3.63) is 52.1 Å². The summed E-state index contributed by atoms with van der Waals surface area (Å²) in [6.45, 7) is 6.51. The number of amides is 4. The summed E-state index contributed by atoms with van der Waals surface area (Å²) < 4.78 is 10.5. The summed E-state index contributed by atoms with van der Waals surface area (Å²) in [4.78, 5) is 41.8. The molecule has 1 N–H and O–H groups in total. The molecule has 0 radical (unpaired) electrons. The van der Waals surface area contributed by atoms with Gasteiger partial charge in [0.25, 0.3) is 11.8 Å². The predicted molar refractivity (Wildman–Crippen MR) is 136 cm³/mol. The fourth-order valence-electron chi connectivity index (χ4n) is 4.72. The first kappa shape index (κ1) is 24.6. The summed E-state index contributed by atoms with van der Waals surface area (Å²) in [6.07, 6.45) is 2.37. The van der Waals surface area contributed by atoms with Crippen molar-refractivity contribution in [2.45, 2.75) is 38.6 Å². The summed E-state index contributed by atoms with van der Waals surface area (Å²) in [7, 11) is 4.94. The molecule has 0 aromatic heterocycles. The van der Waals surface area contributed by atoms with Crippen LogP contribution in [0.2, 0.25) is 5.02 Å². The molecule has 0 unspecified atom stereocenters. The Kier molecular flexibility index (Phi) is 6.27. The topological polar surface area (TPSA) is 88.2 Å². The van der Waals surface area contributed by atoms with Crippen LogP contribution in [0, 0.1) is 0 Å². The third-order valence-electron chi connectivity index (χ3n) is 6.78. The molecule has 2 aromatic rings. The normalized spacial score (nSPS) is 20.6. The number of benzene rings is 2. The van der Waals surface area contributed by atoms with Crippen molar-refractivity contribution >= 4 is 46.9 Å². The summed E-state index contributed by atoms with van der Waals surface area (Å²) in [5.41, 5.74) is 2.56. The van der Waals surface area contributed by atoms with Crippen LogP contribution in [-0.2, 0) is 9.59 Å². The lowest BCUT2D eigenvalue weighted by molar-refractivity contribution is -0.122. The number of imide groups is 2. The molecule has 2 aliphatic rings. The first-order valence-electron chi connectivity index (χ1n) is 11.2. The highest BCUT2D eigenvalue weighted by atomic mass is 35.5. The van der Waals surface area contributed by atoms with Crippen molar-refractivity contribution in [1.29, 1.82) is 0 Å². The van der Waals surface area contributed by atoms with Crippen LogP contribution in [0.25, 0.3) is 6.08 Å². The smallest absolute Gasteiger partial charge is 0.336 e. The molecule has 1 saturated heterocycles. The monoisotopic (exact) mass is 497 g/mol. The molecule has 1 fully saturated rings. The maximum Gasteiger partial charge on any atom is 0.336 e. The second kappa shape index (κ2) is 8.92. The summed E-state index contributed by atoms with van der Waals surface area (Å²) in [5.74, 6) is -0.576. The van der Waals surface area contributed by atoms with Gasteiger partial charge in [-0.25, -0.2) is 9.69 Å². The number of methoxy groups -OCH3 is 2.